The minimum Gasteiger partial charge on any atom is -0.479 e. The Morgan fingerprint density at radius 2 is 2.12 bits per heavy atom. The fourth-order valence-corrected chi connectivity index (χ4v) is 1.50. The molecule has 0 aliphatic carbocycles. The van der Waals surface area contributed by atoms with E-state index in [1.54, 1.807) is 0 Å². The molecule has 1 fully saturated rings. The molecule has 1 amide bonds. The van der Waals surface area contributed by atoms with Crippen LogP contribution in [0.2, 0.25) is 0 Å². The van der Waals surface area contributed by atoms with Crippen LogP contribution in [0.1, 0.15) is 13.3 Å². The summed E-state index contributed by atoms with van der Waals surface area (Å²) < 4.78 is 0. The third kappa shape index (κ3) is 3.46. The molecular weight excluding hydrogens is 212 g/mol. The Labute approximate surface area is 94.0 Å². The molecular formula is C10H18N2O4. The lowest BCUT2D eigenvalue weighted by atomic mass is 9.88. The van der Waals surface area contributed by atoms with Gasteiger partial charge in [0.2, 0.25) is 5.91 Å². The fraction of sp³-hybridized carbons (Fsp3) is 0.800. The SMILES string of the molecule is CC(C(=O)NCC[C@H](O)C(=O)O)C1CNC1. The summed E-state index contributed by atoms with van der Waals surface area (Å²) in [6.07, 6.45) is -1.36. The van der Waals surface area contributed by atoms with E-state index in [0.717, 1.165) is 13.1 Å². The highest BCUT2D eigenvalue weighted by atomic mass is 16.4. The highest BCUT2D eigenvalue weighted by molar-refractivity contribution is 5.79. The molecule has 92 valence electrons. The van der Waals surface area contributed by atoms with Gasteiger partial charge in [-0.25, -0.2) is 4.79 Å². The van der Waals surface area contributed by atoms with Crippen LogP contribution >= 0.6 is 0 Å². The van der Waals surface area contributed by atoms with E-state index in [9.17, 15) is 9.59 Å². The third-order valence-corrected chi connectivity index (χ3v) is 2.94. The molecule has 1 aliphatic heterocycles. The second kappa shape index (κ2) is 5.81. The molecule has 0 aromatic heterocycles. The summed E-state index contributed by atoms with van der Waals surface area (Å²) in [6, 6.07) is 0. The third-order valence-electron chi connectivity index (χ3n) is 2.94. The molecule has 1 aliphatic rings. The predicted molar refractivity (Wildman–Crippen MR) is 56.8 cm³/mol. The Bertz CT molecular complexity index is 266. The highest BCUT2D eigenvalue weighted by Crippen LogP contribution is 2.15. The molecule has 1 unspecified atom stereocenters. The fourth-order valence-electron chi connectivity index (χ4n) is 1.50. The molecule has 0 saturated carbocycles. The summed E-state index contributed by atoms with van der Waals surface area (Å²) in [5.74, 6) is -1.04. The van der Waals surface area contributed by atoms with Crippen molar-refractivity contribution in [1.82, 2.24) is 10.6 Å². The van der Waals surface area contributed by atoms with Gasteiger partial charge in [0.05, 0.1) is 0 Å². The second-order valence-electron chi connectivity index (χ2n) is 4.14. The predicted octanol–water partition coefficient (Wildman–Crippen LogP) is -1.21. The van der Waals surface area contributed by atoms with Crippen LogP contribution in [-0.4, -0.2) is 47.8 Å². The normalized spacial score (nSPS) is 19.6. The molecule has 0 aromatic carbocycles. The molecule has 0 bridgehead atoms. The highest BCUT2D eigenvalue weighted by Gasteiger charge is 2.28. The molecule has 0 radical (unpaired) electrons. The van der Waals surface area contributed by atoms with Crippen LogP contribution < -0.4 is 10.6 Å². The largest absolute Gasteiger partial charge is 0.479 e. The standard InChI is InChI=1S/C10H18N2O4/c1-6(7-4-11-5-7)9(14)12-3-2-8(13)10(15)16/h6-8,11,13H,2-5H2,1H3,(H,12,14)(H,15,16)/t6?,8-/m0/s1. The Morgan fingerprint density at radius 3 is 2.56 bits per heavy atom. The van der Waals surface area contributed by atoms with Gasteiger partial charge in [-0.05, 0) is 19.0 Å². The molecule has 1 heterocycles. The van der Waals surface area contributed by atoms with Crippen LogP contribution in [0.4, 0.5) is 0 Å². The first kappa shape index (κ1) is 12.9. The second-order valence-corrected chi connectivity index (χ2v) is 4.14. The number of rotatable bonds is 6. The van der Waals surface area contributed by atoms with E-state index in [2.05, 4.69) is 10.6 Å². The van der Waals surface area contributed by atoms with Gasteiger partial charge in [0.15, 0.2) is 6.10 Å². The van der Waals surface area contributed by atoms with E-state index in [-0.39, 0.29) is 24.8 Å². The van der Waals surface area contributed by atoms with E-state index in [4.69, 9.17) is 10.2 Å². The minimum absolute atomic E-state index is 0.0384. The number of carboxylic acids is 1. The number of hydrogen-bond donors (Lipinski definition) is 4. The van der Waals surface area contributed by atoms with Crippen molar-refractivity contribution in [3.8, 4) is 0 Å². The van der Waals surface area contributed by atoms with Crippen LogP contribution in [-0.2, 0) is 9.59 Å². The van der Waals surface area contributed by atoms with Crippen molar-refractivity contribution in [1.29, 1.82) is 0 Å². The van der Waals surface area contributed by atoms with E-state index >= 15 is 0 Å². The van der Waals surface area contributed by atoms with Crippen LogP contribution in [0.15, 0.2) is 0 Å². The number of amides is 1. The number of carboxylic acid groups (broad SMARTS) is 1. The van der Waals surface area contributed by atoms with Crippen molar-refractivity contribution in [2.75, 3.05) is 19.6 Å². The lowest BCUT2D eigenvalue weighted by Gasteiger charge is -2.31. The lowest BCUT2D eigenvalue weighted by Crippen LogP contribution is -2.49. The van der Waals surface area contributed by atoms with Gasteiger partial charge in [-0.3, -0.25) is 4.79 Å². The Kier molecular flexibility index (Phi) is 4.70. The zero-order valence-electron chi connectivity index (χ0n) is 9.27. The number of aliphatic carboxylic acids is 1. The van der Waals surface area contributed by atoms with E-state index in [0.29, 0.717) is 5.92 Å². The van der Waals surface area contributed by atoms with Crippen LogP contribution in [0.25, 0.3) is 0 Å². The summed E-state index contributed by atoms with van der Waals surface area (Å²) in [7, 11) is 0. The maximum atomic E-state index is 11.6. The van der Waals surface area contributed by atoms with Crippen molar-refractivity contribution < 1.29 is 19.8 Å². The number of carbonyl (C=O) groups is 2. The Morgan fingerprint density at radius 1 is 1.50 bits per heavy atom. The molecule has 2 atom stereocenters. The van der Waals surface area contributed by atoms with Gasteiger partial charge in [-0.15, -0.1) is 0 Å². The quantitative estimate of drug-likeness (QED) is 0.459. The summed E-state index contributed by atoms with van der Waals surface area (Å²) >= 11 is 0. The number of nitrogens with one attached hydrogen (secondary N) is 2. The first-order valence-electron chi connectivity index (χ1n) is 5.41. The molecule has 0 aromatic rings. The van der Waals surface area contributed by atoms with Gasteiger partial charge < -0.3 is 20.8 Å². The van der Waals surface area contributed by atoms with Crippen molar-refractivity contribution >= 4 is 11.9 Å². The minimum atomic E-state index is -1.40. The average molecular weight is 230 g/mol. The lowest BCUT2D eigenvalue weighted by molar-refractivity contribution is -0.147. The summed E-state index contributed by atoms with van der Waals surface area (Å²) in [5, 5.41) is 23.1. The molecule has 0 spiro atoms. The maximum absolute atomic E-state index is 11.6. The number of carbonyl (C=O) groups excluding carboxylic acids is 1. The Hall–Kier alpha value is -1.14. The molecule has 6 nitrogen and oxygen atoms in total. The molecule has 4 N–H and O–H groups in total. The monoisotopic (exact) mass is 230 g/mol. The van der Waals surface area contributed by atoms with Gasteiger partial charge in [0.25, 0.3) is 0 Å². The molecule has 6 heteroatoms. The van der Waals surface area contributed by atoms with E-state index in [1.807, 2.05) is 6.92 Å². The van der Waals surface area contributed by atoms with Crippen LogP contribution in [0.5, 0.6) is 0 Å². The molecule has 1 rings (SSSR count). The van der Waals surface area contributed by atoms with Gasteiger partial charge in [0, 0.05) is 18.9 Å². The number of hydrogen-bond acceptors (Lipinski definition) is 4. The Balaban J connectivity index is 2.16. The van der Waals surface area contributed by atoms with Gasteiger partial charge in [-0.2, -0.15) is 0 Å². The topological polar surface area (TPSA) is 98.7 Å². The smallest absolute Gasteiger partial charge is 0.332 e. The van der Waals surface area contributed by atoms with E-state index < -0.39 is 12.1 Å². The van der Waals surface area contributed by atoms with Crippen molar-refractivity contribution in [2.24, 2.45) is 11.8 Å². The zero-order chi connectivity index (χ0) is 12.1. The van der Waals surface area contributed by atoms with Crippen LogP contribution in [0, 0.1) is 11.8 Å². The first-order valence-corrected chi connectivity index (χ1v) is 5.41. The summed E-state index contributed by atoms with van der Waals surface area (Å²) in [6.45, 7) is 3.75. The summed E-state index contributed by atoms with van der Waals surface area (Å²) in [5.41, 5.74) is 0. The van der Waals surface area contributed by atoms with Crippen molar-refractivity contribution in [2.45, 2.75) is 19.4 Å². The van der Waals surface area contributed by atoms with E-state index in [1.165, 1.54) is 0 Å². The van der Waals surface area contributed by atoms with Crippen LogP contribution in [0.3, 0.4) is 0 Å². The first-order chi connectivity index (χ1) is 7.52. The number of aliphatic hydroxyl groups excluding tert-OH is 1. The van der Waals surface area contributed by atoms with Crippen molar-refractivity contribution in [3.05, 3.63) is 0 Å². The zero-order valence-corrected chi connectivity index (χ0v) is 9.27. The van der Waals surface area contributed by atoms with Gasteiger partial charge >= 0.3 is 5.97 Å². The molecule has 16 heavy (non-hydrogen) atoms. The number of aliphatic hydroxyl groups is 1. The average Bonchev–Trinajstić information content (AvgIpc) is 2.14. The molecule has 1 saturated heterocycles. The van der Waals surface area contributed by atoms with Gasteiger partial charge in [-0.1, -0.05) is 6.92 Å². The van der Waals surface area contributed by atoms with Gasteiger partial charge in [0.1, 0.15) is 0 Å². The van der Waals surface area contributed by atoms with Crippen molar-refractivity contribution in [3.63, 3.8) is 0 Å². The summed E-state index contributed by atoms with van der Waals surface area (Å²) in [4.78, 5) is 21.9. The maximum Gasteiger partial charge on any atom is 0.332 e.